The molecular formula is C22H24N6O5S. The number of hydrogen-bond acceptors (Lipinski definition) is 8. The number of carbonyl (C=O) groups is 2. The third-order valence-corrected chi connectivity index (χ3v) is 5.81. The van der Waals surface area contributed by atoms with Crippen molar-refractivity contribution in [3.63, 3.8) is 0 Å². The Bertz CT molecular complexity index is 1160. The molecule has 0 spiro atoms. The summed E-state index contributed by atoms with van der Waals surface area (Å²) < 4.78 is 6.95. The number of hydrogen-bond donors (Lipinski definition) is 2. The summed E-state index contributed by atoms with van der Waals surface area (Å²) in [6.45, 7) is 4.29. The Morgan fingerprint density at radius 2 is 1.82 bits per heavy atom. The highest BCUT2D eigenvalue weighted by molar-refractivity contribution is 7.99. The second-order valence-corrected chi connectivity index (χ2v) is 8.09. The first kappa shape index (κ1) is 24.7. The highest BCUT2D eigenvalue weighted by Crippen LogP contribution is 2.22. The molecule has 178 valence electrons. The molecule has 1 heterocycles. The zero-order chi connectivity index (χ0) is 24.7. The van der Waals surface area contributed by atoms with Crippen LogP contribution in [0.25, 0.3) is 0 Å². The molecule has 3 rings (SSSR count). The van der Waals surface area contributed by atoms with E-state index in [2.05, 4.69) is 20.8 Å². The molecule has 3 aromatic rings. The number of ether oxygens (including phenoxy) is 1. The summed E-state index contributed by atoms with van der Waals surface area (Å²) >= 11 is 1.21. The number of nitrogens with one attached hydrogen (secondary N) is 2. The van der Waals surface area contributed by atoms with E-state index in [4.69, 9.17) is 4.74 Å². The number of amides is 2. The van der Waals surface area contributed by atoms with Crippen LogP contribution in [0.1, 0.15) is 36.1 Å². The molecule has 2 amide bonds. The first-order chi connectivity index (χ1) is 16.3. The number of rotatable bonds is 10. The molecule has 0 saturated heterocycles. The number of aromatic nitrogens is 3. The molecule has 1 unspecified atom stereocenters. The Morgan fingerprint density at radius 1 is 1.15 bits per heavy atom. The molecule has 0 aliphatic heterocycles. The summed E-state index contributed by atoms with van der Waals surface area (Å²) in [5.41, 5.74) is 0.903. The smallest absolute Gasteiger partial charge is 0.269 e. The van der Waals surface area contributed by atoms with Crippen molar-refractivity contribution in [2.24, 2.45) is 0 Å². The Morgan fingerprint density at radius 3 is 2.41 bits per heavy atom. The average molecular weight is 485 g/mol. The Labute approximate surface area is 200 Å². The maximum atomic E-state index is 12.6. The molecule has 0 aliphatic carbocycles. The van der Waals surface area contributed by atoms with E-state index in [0.717, 1.165) is 0 Å². The van der Waals surface area contributed by atoms with Gasteiger partial charge < -0.3 is 19.9 Å². The van der Waals surface area contributed by atoms with E-state index in [-0.39, 0.29) is 23.3 Å². The lowest BCUT2D eigenvalue weighted by Crippen LogP contribution is -2.28. The largest absolute Gasteiger partial charge is 0.497 e. The highest BCUT2D eigenvalue weighted by atomic mass is 32.2. The van der Waals surface area contributed by atoms with Gasteiger partial charge in [0.05, 0.1) is 23.8 Å². The first-order valence-corrected chi connectivity index (χ1v) is 11.4. The fraction of sp³-hybridized carbons (Fsp3) is 0.273. The number of anilines is 1. The van der Waals surface area contributed by atoms with Crippen LogP contribution in [0.2, 0.25) is 0 Å². The minimum atomic E-state index is -0.503. The zero-order valence-corrected chi connectivity index (χ0v) is 19.7. The van der Waals surface area contributed by atoms with Gasteiger partial charge in [-0.3, -0.25) is 19.7 Å². The van der Waals surface area contributed by atoms with E-state index in [0.29, 0.717) is 34.5 Å². The fourth-order valence-electron chi connectivity index (χ4n) is 3.10. The van der Waals surface area contributed by atoms with Crippen LogP contribution in [0.3, 0.4) is 0 Å². The van der Waals surface area contributed by atoms with Crippen molar-refractivity contribution in [2.75, 3.05) is 18.2 Å². The molecule has 0 fully saturated rings. The predicted molar refractivity (Wildman–Crippen MR) is 127 cm³/mol. The molecule has 1 aromatic heterocycles. The third-order valence-electron chi connectivity index (χ3n) is 4.84. The minimum absolute atomic E-state index is 0.0517. The molecule has 11 nitrogen and oxygen atoms in total. The second-order valence-electron chi connectivity index (χ2n) is 7.15. The molecule has 0 radical (unpaired) electrons. The lowest BCUT2D eigenvalue weighted by Gasteiger charge is -2.15. The van der Waals surface area contributed by atoms with Gasteiger partial charge in [-0.2, -0.15) is 0 Å². The van der Waals surface area contributed by atoms with Gasteiger partial charge in [-0.05, 0) is 50.2 Å². The van der Waals surface area contributed by atoms with Crippen molar-refractivity contribution in [3.8, 4) is 5.75 Å². The summed E-state index contributed by atoms with van der Waals surface area (Å²) in [5.74, 6) is 0.767. The summed E-state index contributed by atoms with van der Waals surface area (Å²) in [6, 6.07) is 12.0. The van der Waals surface area contributed by atoms with Gasteiger partial charge >= 0.3 is 0 Å². The van der Waals surface area contributed by atoms with Gasteiger partial charge in [0.2, 0.25) is 5.91 Å². The monoisotopic (exact) mass is 484 g/mol. The van der Waals surface area contributed by atoms with Crippen LogP contribution in [0.15, 0.2) is 53.7 Å². The van der Waals surface area contributed by atoms with E-state index in [1.54, 1.807) is 31.4 Å². The number of carbonyl (C=O) groups excluding carboxylic acids is 2. The van der Waals surface area contributed by atoms with Gasteiger partial charge in [-0.25, -0.2) is 0 Å². The van der Waals surface area contributed by atoms with Crippen LogP contribution in [-0.4, -0.2) is 44.4 Å². The molecule has 2 N–H and O–H groups in total. The molecule has 34 heavy (non-hydrogen) atoms. The van der Waals surface area contributed by atoms with Crippen molar-refractivity contribution in [1.29, 1.82) is 0 Å². The number of benzene rings is 2. The topological polar surface area (TPSA) is 141 Å². The number of methoxy groups -OCH3 is 1. The number of non-ortho nitro benzene ring substituents is 1. The summed E-state index contributed by atoms with van der Waals surface area (Å²) in [6.07, 6.45) is 0. The predicted octanol–water partition coefficient (Wildman–Crippen LogP) is 3.44. The van der Waals surface area contributed by atoms with Crippen molar-refractivity contribution < 1.29 is 19.2 Å². The summed E-state index contributed by atoms with van der Waals surface area (Å²) in [5, 5.41) is 25.3. The zero-order valence-electron chi connectivity index (χ0n) is 18.8. The quantitative estimate of drug-likeness (QED) is 0.253. The van der Waals surface area contributed by atoms with Crippen LogP contribution in [0.4, 0.5) is 11.4 Å². The van der Waals surface area contributed by atoms with Gasteiger partial charge in [0.1, 0.15) is 5.75 Å². The summed E-state index contributed by atoms with van der Waals surface area (Å²) in [7, 11) is 1.56. The van der Waals surface area contributed by atoms with Crippen LogP contribution in [-0.2, 0) is 11.3 Å². The van der Waals surface area contributed by atoms with Crippen LogP contribution < -0.4 is 15.4 Å². The Balaban J connectivity index is 1.59. The highest BCUT2D eigenvalue weighted by Gasteiger charge is 2.20. The molecule has 0 bridgehead atoms. The number of nitrogens with zero attached hydrogens (tertiary/aromatic N) is 4. The number of nitro groups is 1. The molecule has 2 aromatic carbocycles. The standard InChI is InChI=1S/C22H24N6O5S/c1-4-27-20(14(2)23-21(30)15-5-11-18(33-3)12-6-15)25-26-22(27)34-13-19(29)24-16-7-9-17(10-8-16)28(31)32/h5-12,14H,4,13H2,1-3H3,(H,23,30)(H,24,29). The number of nitro benzene ring substituents is 1. The van der Waals surface area contributed by atoms with Gasteiger partial charge in [0.25, 0.3) is 11.6 Å². The molecule has 12 heteroatoms. The SMILES string of the molecule is CCn1c(SCC(=O)Nc2ccc([N+](=O)[O-])cc2)nnc1C(C)NC(=O)c1ccc(OC)cc1. The van der Waals surface area contributed by atoms with Crippen molar-refractivity contribution in [1.82, 2.24) is 20.1 Å². The van der Waals surface area contributed by atoms with E-state index < -0.39 is 11.0 Å². The lowest BCUT2D eigenvalue weighted by atomic mass is 10.2. The van der Waals surface area contributed by atoms with Crippen molar-refractivity contribution in [3.05, 3.63) is 70.0 Å². The molecule has 0 aliphatic rings. The Kier molecular flexibility index (Phi) is 8.19. The summed E-state index contributed by atoms with van der Waals surface area (Å²) in [4.78, 5) is 35.1. The van der Waals surface area contributed by atoms with Gasteiger partial charge in [-0.1, -0.05) is 11.8 Å². The maximum Gasteiger partial charge on any atom is 0.269 e. The minimum Gasteiger partial charge on any atom is -0.497 e. The van der Waals surface area contributed by atoms with Gasteiger partial charge in [0.15, 0.2) is 11.0 Å². The normalized spacial score (nSPS) is 11.5. The first-order valence-electron chi connectivity index (χ1n) is 10.4. The van der Waals surface area contributed by atoms with E-state index in [1.807, 2.05) is 18.4 Å². The second kappa shape index (κ2) is 11.3. The lowest BCUT2D eigenvalue weighted by molar-refractivity contribution is -0.384. The average Bonchev–Trinajstić information content (AvgIpc) is 3.26. The van der Waals surface area contributed by atoms with Gasteiger partial charge in [-0.15, -0.1) is 10.2 Å². The van der Waals surface area contributed by atoms with Crippen LogP contribution in [0.5, 0.6) is 5.75 Å². The maximum absolute atomic E-state index is 12.6. The van der Waals surface area contributed by atoms with E-state index >= 15 is 0 Å². The van der Waals surface area contributed by atoms with Gasteiger partial charge in [0, 0.05) is 29.9 Å². The molecule has 0 saturated carbocycles. The van der Waals surface area contributed by atoms with Crippen LogP contribution >= 0.6 is 11.8 Å². The van der Waals surface area contributed by atoms with Crippen molar-refractivity contribution >= 4 is 35.0 Å². The van der Waals surface area contributed by atoms with Crippen molar-refractivity contribution in [2.45, 2.75) is 31.6 Å². The molecule has 1 atom stereocenters. The Hall–Kier alpha value is -3.93. The van der Waals surface area contributed by atoms with E-state index in [9.17, 15) is 19.7 Å². The van der Waals surface area contributed by atoms with Crippen LogP contribution in [0, 0.1) is 10.1 Å². The molecular weight excluding hydrogens is 460 g/mol. The van der Waals surface area contributed by atoms with E-state index in [1.165, 1.54) is 36.0 Å². The fourth-order valence-corrected chi connectivity index (χ4v) is 3.91. The number of thioether (sulfide) groups is 1. The third kappa shape index (κ3) is 6.10.